The van der Waals surface area contributed by atoms with Crippen molar-refractivity contribution in [2.45, 2.75) is 18.5 Å². The number of nitrogens with one attached hydrogen (secondary N) is 1. The van der Waals surface area contributed by atoms with E-state index in [1.807, 2.05) is 6.92 Å². The van der Waals surface area contributed by atoms with Gasteiger partial charge in [-0.25, -0.2) is 23.1 Å². The third kappa shape index (κ3) is 2.72. The van der Waals surface area contributed by atoms with Crippen molar-refractivity contribution in [1.29, 1.82) is 0 Å². The van der Waals surface area contributed by atoms with E-state index >= 15 is 0 Å². The predicted molar refractivity (Wildman–Crippen MR) is 69.1 cm³/mol. The van der Waals surface area contributed by atoms with Crippen LogP contribution in [0.1, 0.15) is 10.7 Å². The summed E-state index contributed by atoms with van der Waals surface area (Å²) in [4.78, 5) is 7.94. The Morgan fingerprint density at radius 1 is 1.56 bits per heavy atom. The smallest absolute Gasteiger partial charge is 0.261 e. The summed E-state index contributed by atoms with van der Waals surface area (Å²) >= 11 is 7.31. The average molecular weight is 307 g/mol. The van der Waals surface area contributed by atoms with Crippen molar-refractivity contribution >= 4 is 33.0 Å². The molecule has 2 rings (SSSR count). The average Bonchev–Trinajstić information content (AvgIpc) is 2.85. The second kappa shape index (κ2) is 4.96. The minimum absolute atomic E-state index is 0.0805. The van der Waals surface area contributed by atoms with Crippen molar-refractivity contribution < 1.29 is 8.42 Å². The van der Waals surface area contributed by atoms with Gasteiger partial charge in [-0.3, -0.25) is 0 Å². The molecule has 0 unspecified atom stereocenters. The number of thiazole rings is 1. The maximum Gasteiger partial charge on any atom is 0.261 e. The third-order valence-electron chi connectivity index (χ3n) is 2.20. The van der Waals surface area contributed by atoms with Crippen LogP contribution in [0, 0.1) is 6.92 Å². The molecule has 0 saturated heterocycles. The molecule has 0 aliphatic rings. The molecule has 0 fully saturated rings. The van der Waals surface area contributed by atoms with Crippen molar-refractivity contribution in [3.63, 3.8) is 0 Å². The van der Waals surface area contributed by atoms with E-state index in [0.29, 0.717) is 5.69 Å². The quantitative estimate of drug-likeness (QED) is 0.924. The molecule has 2 aromatic rings. The summed E-state index contributed by atoms with van der Waals surface area (Å²) in [6, 6.07) is 0. The highest BCUT2D eigenvalue weighted by Gasteiger charge is 2.22. The second-order valence-electron chi connectivity index (χ2n) is 3.63. The van der Waals surface area contributed by atoms with Gasteiger partial charge in [0, 0.05) is 12.4 Å². The van der Waals surface area contributed by atoms with Crippen LogP contribution in [0.25, 0.3) is 0 Å². The Morgan fingerprint density at radius 3 is 2.78 bits per heavy atom. The Kier molecular flexibility index (Phi) is 3.71. The fraction of sp³-hybridized carbons (Fsp3) is 0.333. The van der Waals surface area contributed by atoms with E-state index < -0.39 is 10.0 Å². The van der Waals surface area contributed by atoms with Crippen molar-refractivity contribution in [2.75, 3.05) is 0 Å². The fourth-order valence-corrected chi connectivity index (χ4v) is 3.34. The van der Waals surface area contributed by atoms with Gasteiger partial charge in [0.15, 0.2) is 0 Å². The van der Waals surface area contributed by atoms with E-state index in [1.54, 1.807) is 12.4 Å². The Balaban J connectivity index is 2.15. The van der Waals surface area contributed by atoms with Crippen molar-refractivity contribution in [1.82, 2.24) is 19.3 Å². The van der Waals surface area contributed by atoms with Crippen LogP contribution in [0.15, 0.2) is 16.7 Å². The van der Waals surface area contributed by atoms with Gasteiger partial charge in [0.25, 0.3) is 10.0 Å². The van der Waals surface area contributed by atoms with Crippen molar-refractivity contribution in [3.8, 4) is 0 Å². The minimum atomic E-state index is -3.71. The lowest BCUT2D eigenvalue weighted by Gasteiger charge is -2.03. The van der Waals surface area contributed by atoms with Gasteiger partial charge >= 0.3 is 0 Å². The van der Waals surface area contributed by atoms with E-state index in [4.69, 9.17) is 11.6 Å². The molecule has 2 aromatic heterocycles. The molecular weight excluding hydrogens is 296 g/mol. The Labute approximate surface area is 114 Å². The predicted octanol–water partition coefficient (Wildman–Crippen LogP) is 1.32. The van der Waals surface area contributed by atoms with Gasteiger partial charge in [0.1, 0.15) is 5.15 Å². The van der Waals surface area contributed by atoms with Crippen LogP contribution in [-0.2, 0) is 23.6 Å². The van der Waals surface area contributed by atoms with Gasteiger partial charge in [0.05, 0.1) is 23.6 Å². The van der Waals surface area contributed by atoms with Gasteiger partial charge in [-0.1, -0.05) is 11.6 Å². The number of aryl methyl sites for hydroxylation is 2. The molecule has 0 radical (unpaired) electrons. The normalized spacial score (nSPS) is 11.9. The molecule has 98 valence electrons. The Morgan fingerprint density at radius 2 is 2.28 bits per heavy atom. The lowest BCUT2D eigenvalue weighted by molar-refractivity contribution is 0.577. The highest BCUT2D eigenvalue weighted by molar-refractivity contribution is 7.89. The Bertz CT molecular complexity index is 662. The first-order valence-corrected chi connectivity index (χ1v) is 7.71. The zero-order valence-electron chi connectivity index (χ0n) is 9.71. The molecular formula is C9H11ClN4O2S2. The molecule has 18 heavy (non-hydrogen) atoms. The van der Waals surface area contributed by atoms with E-state index in [0.717, 1.165) is 5.01 Å². The number of nitrogens with zero attached hydrogens (tertiary/aromatic N) is 3. The molecule has 2 heterocycles. The molecule has 0 amide bonds. The van der Waals surface area contributed by atoms with Crippen LogP contribution in [0.2, 0.25) is 5.15 Å². The fourth-order valence-electron chi connectivity index (χ4n) is 1.30. The largest absolute Gasteiger partial charge is 0.324 e. The molecule has 0 aromatic carbocycles. The Hall–Kier alpha value is -0.960. The minimum Gasteiger partial charge on any atom is -0.324 e. The molecule has 0 atom stereocenters. The zero-order valence-corrected chi connectivity index (χ0v) is 12.1. The first-order valence-electron chi connectivity index (χ1n) is 4.97. The van der Waals surface area contributed by atoms with Gasteiger partial charge in [-0.15, -0.1) is 11.3 Å². The molecule has 0 aliphatic carbocycles. The lowest BCUT2D eigenvalue weighted by Crippen LogP contribution is -2.24. The van der Waals surface area contributed by atoms with Crippen LogP contribution in [0.5, 0.6) is 0 Å². The van der Waals surface area contributed by atoms with E-state index in [1.165, 1.54) is 22.2 Å². The summed E-state index contributed by atoms with van der Waals surface area (Å²) < 4.78 is 27.8. The van der Waals surface area contributed by atoms with Crippen LogP contribution in [0.4, 0.5) is 0 Å². The number of aromatic nitrogens is 3. The number of sulfonamides is 1. The topological polar surface area (TPSA) is 76.9 Å². The molecule has 0 spiro atoms. The van der Waals surface area contributed by atoms with E-state index in [2.05, 4.69) is 14.7 Å². The number of hydrogen-bond donors (Lipinski definition) is 1. The first kappa shape index (κ1) is 13.5. The number of imidazole rings is 1. The summed E-state index contributed by atoms with van der Waals surface area (Å²) in [5.41, 5.74) is 0.674. The summed E-state index contributed by atoms with van der Waals surface area (Å²) in [7, 11) is -2.09. The third-order valence-corrected chi connectivity index (χ3v) is 4.91. The molecule has 9 heteroatoms. The molecule has 0 saturated carbocycles. The highest BCUT2D eigenvalue weighted by Crippen LogP contribution is 2.18. The van der Waals surface area contributed by atoms with Gasteiger partial charge in [-0.05, 0) is 6.92 Å². The monoisotopic (exact) mass is 306 g/mol. The van der Waals surface area contributed by atoms with Crippen molar-refractivity contribution in [3.05, 3.63) is 27.6 Å². The maximum atomic E-state index is 12.0. The molecule has 1 N–H and O–H groups in total. The van der Waals surface area contributed by atoms with E-state index in [-0.39, 0.29) is 16.7 Å². The van der Waals surface area contributed by atoms with Crippen LogP contribution < -0.4 is 4.72 Å². The summed E-state index contributed by atoms with van der Waals surface area (Å²) in [5, 5.41) is 2.60. The van der Waals surface area contributed by atoms with Crippen LogP contribution in [0.3, 0.4) is 0 Å². The van der Waals surface area contributed by atoms with Gasteiger partial charge in [-0.2, -0.15) is 0 Å². The number of halogens is 1. The molecule has 0 bridgehead atoms. The van der Waals surface area contributed by atoms with Crippen LogP contribution >= 0.6 is 22.9 Å². The molecule has 6 nitrogen and oxygen atoms in total. The second-order valence-corrected chi connectivity index (χ2v) is 6.74. The standard InChI is InChI=1S/C9H11ClN4O2S2/c1-6-13-7(4-17-6)3-12-18(15,16)9-8(10)14(2)5-11-9/h4-5,12H,3H2,1-2H3. The zero-order chi connectivity index (χ0) is 13.3. The van der Waals surface area contributed by atoms with E-state index in [9.17, 15) is 8.42 Å². The number of hydrogen-bond acceptors (Lipinski definition) is 5. The summed E-state index contributed by atoms with van der Waals surface area (Å²) in [5.74, 6) is 0. The SMILES string of the molecule is Cc1nc(CNS(=O)(=O)c2ncn(C)c2Cl)cs1. The first-order chi connectivity index (χ1) is 8.40. The van der Waals surface area contributed by atoms with Crippen molar-refractivity contribution in [2.24, 2.45) is 7.05 Å². The van der Waals surface area contributed by atoms with Gasteiger partial charge in [0.2, 0.25) is 5.03 Å². The number of rotatable bonds is 4. The maximum absolute atomic E-state index is 12.0. The molecule has 0 aliphatic heterocycles. The van der Waals surface area contributed by atoms with Gasteiger partial charge < -0.3 is 4.57 Å². The lowest BCUT2D eigenvalue weighted by atomic mass is 10.5. The van der Waals surface area contributed by atoms with Crippen LogP contribution in [-0.4, -0.2) is 23.0 Å². The highest BCUT2D eigenvalue weighted by atomic mass is 35.5. The summed E-state index contributed by atoms with van der Waals surface area (Å²) in [6.45, 7) is 1.98. The summed E-state index contributed by atoms with van der Waals surface area (Å²) in [6.07, 6.45) is 1.35.